The number of carboxylic acid groups (broad SMARTS) is 1. The van der Waals surface area contributed by atoms with Crippen molar-refractivity contribution in [1.29, 1.82) is 0 Å². The molecule has 0 saturated carbocycles. The van der Waals surface area contributed by atoms with Crippen LogP contribution in [0.2, 0.25) is 0 Å². The second kappa shape index (κ2) is 5.80. The molecular formula is C14H25NO4. The molecule has 0 aromatic carbocycles. The molecule has 1 N–H and O–H groups in total. The van der Waals surface area contributed by atoms with Gasteiger partial charge in [0.2, 0.25) is 0 Å². The number of rotatable bonds is 2. The van der Waals surface area contributed by atoms with E-state index in [0.29, 0.717) is 13.0 Å². The summed E-state index contributed by atoms with van der Waals surface area (Å²) in [5.41, 5.74) is -0.498. The van der Waals surface area contributed by atoms with Crippen molar-refractivity contribution in [3.8, 4) is 0 Å². The van der Waals surface area contributed by atoms with Gasteiger partial charge in [-0.1, -0.05) is 6.92 Å². The highest BCUT2D eigenvalue weighted by Crippen LogP contribution is 2.29. The highest BCUT2D eigenvalue weighted by atomic mass is 16.6. The van der Waals surface area contributed by atoms with E-state index < -0.39 is 11.6 Å². The molecule has 1 aliphatic rings. The summed E-state index contributed by atoms with van der Waals surface area (Å²) in [6.45, 7) is 9.78. The Bertz CT molecular complexity index is 348. The first-order valence-corrected chi connectivity index (χ1v) is 6.84. The average Bonchev–Trinajstić information content (AvgIpc) is 2.25. The van der Waals surface area contributed by atoms with Crippen LogP contribution in [-0.4, -0.2) is 40.3 Å². The largest absolute Gasteiger partial charge is 0.481 e. The fourth-order valence-electron chi connectivity index (χ4n) is 2.46. The molecule has 1 saturated heterocycles. The molecule has 0 spiro atoms. The highest BCUT2D eigenvalue weighted by molar-refractivity contribution is 5.70. The van der Waals surface area contributed by atoms with Crippen molar-refractivity contribution >= 4 is 12.1 Å². The van der Waals surface area contributed by atoms with E-state index in [2.05, 4.69) is 0 Å². The summed E-state index contributed by atoms with van der Waals surface area (Å²) in [5.74, 6) is -0.989. The third-order valence-corrected chi connectivity index (χ3v) is 3.64. The molecule has 0 aromatic heterocycles. The number of amides is 1. The summed E-state index contributed by atoms with van der Waals surface area (Å²) in [7, 11) is 0. The predicted molar refractivity (Wildman–Crippen MR) is 71.9 cm³/mol. The SMILES string of the molecule is CC(C(=O)O)C1CCN(C(=O)OC(C)(C)C)C(C)C1. The molecule has 1 heterocycles. The first-order valence-electron chi connectivity index (χ1n) is 6.84. The summed E-state index contributed by atoms with van der Waals surface area (Å²) < 4.78 is 5.36. The fourth-order valence-corrected chi connectivity index (χ4v) is 2.46. The summed E-state index contributed by atoms with van der Waals surface area (Å²) in [5, 5.41) is 9.04. The van der Waals surface area contributed by atoms with Gasteiger partial charge in [0.1, 0.15) is 5.60 Å². The maximum absolute atomic E-state index is 12.0. The number of nitrogens with zero attached hydrogens (tertiary/aromatic N) is 1. The van der Waals surface area contributed by atoms with Gasteiger partial charge >= 0.3 is 12.1 Å². The second-order valence-electron chi connectivity index (χ2n) is 6.43. The van der Waals surface area contributed by atoms with Gasteiger partial charge in [0, 0.05) is 12.6 Å². The van der Waals surface area contributed by atoms with Gasteiger partial charge in [-0.2, -0.15) is 0 Å². The van der Waals surface area contributed by atoms with E-state index in [4.69, 9.17) is 9.84 Å². The fraction of sp³-hybridized carbons (Fsp3) is 0.857. The van der Waals surface area contributed by atoms with Crippen molar-refractivity contribution in [3.63, 3.8) is 0 Å². The number of hydrogen-bond donors (Lipinski definition) is 1. The van der Waals surface area contributed by atoms with E-state index in [0.717, 1.165) is 6.42 Å². The Labute approximate surface area is 114 Å². The molecule has 1 amide bonds. The molecule has 1 fully saturated rings. The third kappa shape index (κ3) is 4.40. The molecule has 0 radical (unpaired) electrons. The number of likely N-dealkylation sites (tertiary alicyclic amines) is 1. The number of carboxylic acids is 1. The summed E-state index contributed by atoms with van der Waals surface area (Å²) in [6.07, 6.45) is 1.13. The van der Waals surface area contributed by atoms with Crippen LogP contribution in [0.3, 0.4) is 0 Å². The van der Waals surface area contributed by atoms with Crippen LogP contribution in [0.15, 0.2) is 0 Å². The average molecular weight is 271 g/mol. The first kappa shape index (κ1) is 15.8. The van der Waals surface area contributed by atoms with Gasteiger partial charge in [0.15, 0.2) is 0 Å². The number of aliphatic carboxylic acids is 1. The zero-order valence-corrected chi connectivity index (χ0v) is 12.5. The number of ether oxygens (including phenoxy) is 1. The van der Waals surface area contributed by atoms with E-state index in [1.807, 2.05) is 27.7 Å². The van der Waals surface area contributed by atoms with Crippen LogP contribution in [-0.2, 0) is 9.53 Å². The van der Waals surface area contributed by atoms with E-state index >= 15 is 0 Å². The molecule has 1 rings (SSSR count). The van der Waals surface area contributed by atoms with Crippen molar-refractivity contribution in [3.05, 3.63) is 0 Å². The molecule has 0 aliphatic carbocycles. The quantitative estimate of drug-likeness (QED) is 0.838. The lowest BCUT2D eigenvalue weighted by molar-refractivity contribution is -0.143. The van der Waals surface area contributed by atoms with Crippen molar-refractivity contribution < 1.29 is 19.4 Å². The molecule has 0 bridgehead atoms. The van der Waals surface area contributed by atoms with Crippen molar-refractivity contribution in [2.45, 2.75) is 59.1 Å². The normalized spacial score (nSPS) is 25.8. The van der Waals surface area contributed by atoms with Crippen LogP contribution in [0.5, 0.6) is 0 Å². The highest BCUT2D eigenvalue weighted by Gasteiger charge is 2.35. The summed E-state index contributed by atoms with van der Waals surface area (Å²) in [4.78, 5) is 24.7. The topological polar surface area (TPSA) is 66.8 Å². The van der Waals surface area contributed by atoms with Gasteiger partial charge in [-0.25, -0.2) is 4.79 Å². The van der Waals surface area contributed by atoms with Crippen LogP contribution in [0.1, 0.15) is 47.5 Å². The minimum atomic E-state index is -0.761. The minimum absolute atomic E-state index is 0.0235. The molecule has 19 heavy (non-hydrogen) atoms. The second-order valence-corrected chi connectivity index (χ2v) is 6.43. The summed E-state index contributed by atoms with van der Waals surface area (Å²) >= 11 is 0. The Kier molecular flexibility index (Phi) is 4.82. The lowest BCUT2D eigenvalue weighted by Crippen LogP contribution is -2.48. The Hall–Kier alpha value is -1.26. The number of carbonyl (C=O) groups is 2. The van der Waals surface area contributed by atoms with E-state index in [9.17, 15) is 9.59 Å². The Morgan fingerprint density at radius 2 is 1.95 bits per heavy atom. The Balaban J connectivity index is 2.60. The van der Waals surface area contributed by atoms with Crippen LogP contribution in [0.25, 0.3) is 0 Å². The van der Waals surface area contributed by atoms with Crippen LogP contribution in [0.4, 0.5) is 4.79 Å². The van der Waals surface area contributed by atoms with Crippen LogP contribution >= 0.6 is 0 Å². The van der Waals surface area contributed by atoms with Gasteiger partial charge in [0.05, 0.1) is 5.92 Å². The van der Waals surface area contributed by atoms with Crippen molar-refractivity contribution in [1.82, 2.24) is 4.90 Å². The van der Waals surface area contributed by atoms with Gasteiger partial charge < -0.3 is 14.7 Å². The van der Waals surface area contributed by atoms with Crippen molar-refractivity contribution in [2.75, 3.05) is 6.54 Å². The minimum Gasteiger partial charge on any atom is -0.481 e. The number of hydrogen-bond acceptors (Lipinski definition) is 3. The molecule has 1 aliphatic heterocycles. The molecule has 0 aromatic rings. The lowest BCUT2D eigenvalue weighted by Gasteiger charge is -2.39. The smallest absolute Gasteiger partial charge is 0.410 e. The molecule has 5 nitrogen and oxygen atoms in total. The molecule has 5 heteroatoms. The summed E-state index contributed by atoms with van der Waals surface area (Å²) in [6, 6.07) is 0.0235. The zero-order valence-electron chi connectivity index (χ0n) is 12.5. The van der Waals surface area contributed by atoms with Gasteiger partial charge in [0.25, 0.3) is 0 Å². The Morgan fingerprint density at radius 3 is 2.37 bits per heavy atom. The molecular weight excluding hydrogens is 246 g/mol. The van der Waals surface area contributed by atoms with Crippen molar-refractivity contribution in [2.24, 2.45) is 11.8 Å². The zero-order chi connectivity index (χ0) is 14.8. The van der Waals surface area contributed by atoms with Crippen LogP contribution < -0.4 is 0 Å². The van der Waals surface area contributed by atoms with E-state index in [1.165, 1.54) is 0 Å². The van der Waals surface area contributed by atoms with Gasteiger partial charge in [-0.3, -0.25) is 4.79 Å². The number of carbonyl (C=O) groups excluding carboxylic acids is 1. The van der Waals surface area contributed by atoms with Crippen LogP contribution in [0, 0.1) is 11.8 Å². The van der Waals surface area contributed by atoms with E-state index in [-0.39, 0.29) is 24.0 Å². The van der Waals surface area contributed by atoms with Gasteiger partial charge in [-0.05, 0) is 46.5 Å². The monoisotopic (exact) mass is 271 g/mol. The predicted octanol–water partition coefficient (Wildman–Crippen LogP) is 2.74. The Morgan fingerprint density at radius 1 is 1.37 bits per heavy atom. The number of piperidine rings is 1. The maximum Gasteiger partial charge on any atom is 0.410 e. The molecule has 110 valence electrons. The standard InChI is InChI=1S/C14H25NO4/c1-9-8-11(10(2)12(16)17)6-7-15(9)13(18)19-14(3,4)5/h9-11H,6-8H2,1-5H3,(H,16,17). The first-order chi connectivity index (χ1) is 8.61. The molecule has 3 atom stereocenters. The molecule has 3 unspecified atom stereocenters. The van der Waals surface area contributed by atoms with Gasteiger partial charge in [-0.15, -0.1) is 0 Å². The lowest BCUT2D eigenvalue weighted by atomic mass is 9.82. The maximum atomic E-state index is 12.0. The van der Waals surface area contributed by atoms with E-state index in [1.54, 1.807) is 11.8 Å². The third-order valence-electron chi connectivity index (χ3n) is 3.64.